The lowest BCUT2D eigenvalue weighted by Gasteiger charge is -2.11. The second-order valence-corrected chi connectivity index (χ2v) is 9.91. The molecule has 0 fully saturated rings. The van der Waals surface area contributed by atoms with E-state index in [2.05, 4.69) is 10.3 Å². The third-order valence-corrected chi connectivity index (χ3v) is 7.41. The number of amides is 1. The fraction of sp³-hybridized carbons (Fsp3) is 0.182. The molecule has 1 aromatic heterocycles. The SMILES string of the molecule is O=C(NCc1cccc(C(F)(F)F)c1)c1cccnc1SCCS(=O)(=O)c1ccccc1. The van der Waals surface area contributed by atoms with Crippen LogP contribution in [0.15, 0.2) is 82.8 Å². The van der Waals surface area contributed by atoms with E-state index >= 15 is 0 Å². The summed E-state index contributed by atoms with van der Waals surface area (Å²) in [6.07, 6.45) is -2.98. The van der Waals surface area contributed by atoms with Crippen LogP contribution in [0.2, 0.25) is 0 Å². The molecule has 32 heavy (non-hydrogen) atoms. The highest BCUT2D eigenvalue weighted by Gasteiger charge is 2.30. The van der Waals surface area contributed by atoms with E-state index in [1.54, 1.807) is 24.3 Å². The number of sulfone groups is 1. The molecule has 0 aliphatic carbocycles. The molecule has 0 radical (unpaired) electrons. The van der Waals surface area contributed by atoms with Gasteiger partial charge in [-0.05, 0) is 42.0 Å². The highest BCUT2D eigenvalue weighted by molar-refractivity contribution is 8.00. The summed E-state index contributed by atoms with van der Waals surface area (Å²) in [6, 6.07) is 15.9. The maximum absolute atomic E-state index is 12.9. The van der Waals surface area contributed by atoms with Gasteiger partial charge in [-0.25, -0.2) is 13.4 Å². The van der Waals surface area contributed by atoms with Gasteiger partial charge in [0.15, 0.2) is 9.84 Å². The van der Waals surface area contributed by atoms with Crippen molar-refractivity contribution in [1.29, 1.82) is 0 Å². The number of benzene rings is 2. The number of thioether (sulfide) groups is 1. The summed E-state index contributed by atoms with van der Waals surface area (Å²) in [5, 5.41) is 2.93. The van der Waals surface area contributed by atoms with Crippen molar-refractivity contribution in [3.05, 3.63) is 89.6 Å². The molecule has 0 atom stereocenters. The third-order valence-electron chi connectivity index (χ3n) is 4.42. The Morgan fingerprint density at radius 1 is 1.00 bits per heavy atom. The Morgan fingerprint density at radius 3 is 2.47 bits per heavy atom. The number of carbonyl (C=O) groups excluding carboxylic acids is 1. The van der Waals surface area contributed by atoms with E-state index in [4.69, 9.17) is 0 Å². The van der Waals surface area contributed by atoms with E-state index in [0.29, 0.717) is 10.6 Å². The second-order valence-electron chi connectivity index (χ2n) is 6.72. The van der Waals surface area contributed by atoms with Gasteiger partial charge < -0.3 is 5.32 Å². The summed E-state index contributed by atoms with van der Waals surface area (Å²) in [7, 11) is -3.47. The maximum Gasteiger partial charge on any atom is 0.416 e. The van der Waals surface area contributed by atoms with Crippen LogP contribution in [0.1, 0.15) is 21.5 Å². The summed E-state index contributed by atoms with van der Waals surface area (Å²) in [4.78, 5) is 17.0. The highest BCUT2D eigenvalue weighted by Crippen LogP contribution is 2.29. The number of nitrogens with zero attached hydrogens (tertiary/aromatic N) is 1. The van der Waals surface area contributed by atoms with Crippen LogP contribution in [0.25, 0.3) is 0 Å². The van der Waals surface area contributed by atoms with Crippen LogP contribution >= 0.6 is 11.8 Å². The molecule has 2 aromatic carbocycles. The van der Waals surface area contributed by atoms with Gasteiger partial charge in [0.05, 0.1) is 21.8 Å². The van der Waals surface area contributed by atoms with Gasteiger partial charge in [-0.15, -0.1) is 11.8 Å². The summed E-state index contributed by atoms with van der Waals surface area (Å²) in [5.41, 5.74) is -0.261. The summed E-state index contributed by atoms with van der Waals surface area (Å²) in [5.74, 6) is -0.463. The fourth-order valence-corrected chi connectivity index (χ4v) is 5.47. The van der Waals surface area contributed by atoms with Crippen molar-refractivity contribution >= 4 is 27.5 Å². The van der Waals surface area contributed by atoms with Crippen molar-refractivity contribution in [1.82, 2.24) is 10.3 Å². The Labute approximate surface area is 188 Å². The third kappa shape index (κ3) is 6.33. The Hall–Kier alpha value is -2.85. The molecule has 0 unspecified atom stereocenters. The van der Waals surface area contributed by atoms with Crippen LogP contribution in [-0.2, 0) is 22.6 Å². The molecule has 0 spiro atoms. The van der Waals surface area contributed by atoms with Crippen LogP contribution in [0, 0.1) is 0 Å². The van der Waals surface area contributed by atoms with Gasteiger partial charge in [0.1, 0.15) is 5.03 Å². The molecule has 0 aliphatic rings. The Morgan fingerprint density at radius 2 is 1.75 bits per heavy atom. The minimum absolute atomic E-state index is 0.0931. The lowest BCUT2D eigenvalue weighted by Crippen LogP contribution is -2.24. The highest BCUT2D eigenvalue weighted by atomic mass is 32.2. The van der Waals surface area contributed by atoms with Gasteiger partial charge in [0.25, 0.3) is 5.91 Å². The van der Waals surface area contributed by atoms with Crippen LogP contribution in [0.5, 0.6) is 0 Å². The molecule has 1 N–H and O–H groups in total. The number of rotatable bonds is 8. The zero-order valence-corrected chi connectivity index (χ0v) is 18.3. The van der Waals surface area contributed by atoms with Gasteiger partial charge in [-0.2, -0.15) is 13.2 Å². The average Bonchev–Trinajstić information content (AvgIpc) is 2.78. The van der Waals surface area contributed by atoms with Crippen LogP contribution in [0.3, 0.4) is 0 Å². The molecular formula is C22H19F3N2O3S2. The fourth-order valence-electron chi connectivity index (χ4n) is 2.81. The van der Waals surface area contributed by atoms with E-state index in [-0.39, 0.29) is 28.5 Å². The molecule has 1 amide bonds. The minimum Gasteiger partial charge on any atom is -0.348 e. The van der Waals surface area contributed by atoms with Gasteiger partial charge in [0, 0.05) is 18.5 Å². The van der Waals surface area contributed by atoms with E-state index in [1.807, 2.05) is 0 Å². The first kappa shape index (κ1) is 23.8. The smallest absolute Gasteiger partial charge is 0.348 e. The second kappa shape index (κ2) is 10.2. The number of nitrogens with one attached hydrogen (secondary N) is 1. The molecule has 0 aliphatic heterocycles. The Balaban J connectivity index is 1.63. The van der Waals surface area contributed by atoms with Crippen molar-refractivity contribution in [3.63, 3.8) is 0 Å². The van der Waals surface area contributed by atoms with E-state index in [1.165, 1.54) is 36.5 Å². The quantitative estimate of drug-likeness (QED) is 0.477. The first-order chi connectivity index (χ1) is 15.2. The topological polar surface area (TPSA) is 76.1 Å². The maximum atomic E-state index is 12.9. The molecular weight excluding hydrogens is 461 g/mol. The molecule has 10 heteroatoms. The molecule has 0 bridgehead atoms. The van der Waals surface area contributed by atoms with Crippen LogP contribution in [-0.4, -0.2) is 30.8 Å². The molecule has 0 saturated heterocycles. The molecule has 168 valence electrons. The average molecular weight is 481 g/mol. The predicted octanol–water partition coefficient (Wildman–Crippen LogP) is 4.60. The van der Waals surface area contributed by atoms with Crippen molar-refractivity contribution in [2.45, 2.75) is 22.6 Å². The normalized spacial score (nSPS) is 11.8. The van der Waals surface area contributed by atoms with Gasteiger partial charge in [-0.3, -0.25) is 4.79 Å². The molecule has 3 aromatic rings. The van der Waals surface area contributed by atoms with E-state index in [0.717, 1.165) is 23.9 Å². The van der Waals surface area contributed by atoms with Crippen molar-refractivity contribution < 1.29 is 26.4 Å². The first-order valence-electron chi connectivity index (χ1n) is 9.47. The number of pyridine rings is 1. The molecule has 3 rings (SSSR count). The van der Waals surface area contributed by atoms with Gasteiger partial charge >= 0.3 is 6.18 Å². The Kier molecular flexibility index (Phi) is 7.57. The monoisotopic (exact) mass is 480 g/mol. The zero-order valence-electron chi connectivity index (χ0n) is 16.7. The summed E-state index contributed by atoms with van der Waals surface area (Å²) in [6.45, 7) is -0.0931. The number of hydrogen-bond acceptors (Lipinski definition) is 5. The first-order valence-corrected chi connectivity index (χ1v) is 12.1. The van der Waals surface area contributed by atoms with Crippen molar-refractivity contribution in [2.75, 3.05) is 11.5 Å². The largest absolute Gasteiger partial charge is 0.416 e. The number of carbonyl (C=O) groups is 1. The molecule has 0 saturated carbocycles. The zero-order chi connectivity index (χ0) is 23.2. The lowest BCUT2D eigenvalue weighted by molar-refractivity contribution is -0.137. The van der Waals surface area contributed by atoms with E-state index < -0.39 is 27.5 Å². The standard InChI is InChI=1S/C22H19F3N2O3S2/c23-22(24,25)17-7-4-6-16(14-17)15-27-20(28)19-10-5-11-26-21(19)31-12-13-32(29,30)18-8-2-1-3-9-18/h1-11,14H,12-13,15H2,(H,27,28). The minimum atomic E-state index is -4.47. The Bertz CT molecular complexity index is 1180. The number of hydrogen-bond donors (Lipinski definition) is 1. The van der Waals surface area contributed by atoms with Crippen molar-refractivity contribution in [3.8, 4) is 0 Å². The predicted molar refractivity (Wildman–Crippen MR) is 116 cm³/mol. The van der Waals surface area contributed by atoms with Gasteiger partial charge in [0.2, 0.25) is 0 Å². The van der Waals surface area contributed by atoms with Gasteiger partial charge in [-0.1, -0.05) is 30.3 Å². The number of halogens is 3. The summed E-state index contributed by atoms with van der Waals surface area (Å²) < 4.78 is 63.4. The number of aromatic nitrogens is 1. The number of alkyl halides is 3. The van der Waals surface area contributed by atoms with Crippen LogP contribution in [0.4, 0.5) is 13.2 Å². The van der Waals surface area contributed by atoms with E-state index in [9.17, 15) is 26.4 Å². The molecule has 5 nitrogen and oxygen atoms in total. The molecule has 1 heterocycles. The summed E-state index contributed by atoms with van der Waals surface area (Å²) >= 11 is 1.12. The van der Waals surface area contributed by atoms with Crippen molar-refractivity contribution in [2.24, 2.45) is 0 Å². The lowest BCUT2D eigenvalue weighted by atomic mass is 10.1. The van der Waals surface area contributed by atoms with Crippen LogP contribution < -0.4 is 5.32 Å².